The summed E-state index contributed by atoms with van der Waals surface area (Å²) in [5.41, 5.74) is 1.65. The monoisotopic (exact) mass is 352 g/mol. The van der Waals surface area contributed by atoms with Crippen molar-refractivity contribution in [3.8, 4) is 0 Å². The van der Waals surface area contributed by atoms with Gasteiger partial charge >= 0.3 is 0 Å². The Morgan fingerprint density at radius 2 is 1.96 bits per heavy atom. The smallest absolute Gasteiger partial charge is 0.274 e. The number of nitrogens with one attached hydrogen (secondary N) is 2. The molecule has 7 heteroatoms. The van der Waals surface area contributed by atoms with Gasteiger partial charge in [-0.25, -0.2) is 0 Å². The van der Waals surface area contributed by atoms with Crippen LogP contribution >= 0.6 is 0 Å². The predicted molar refractivity (Wildman–Crippen MR) is 96.5 cm³/mol. The van der Waals surface area contributed by atoms with Crippen molar-refractivity contribution in [1.29, 1.82) is 0 Å². The van der Waals surface area contributed by atoms with Crippen molar-refractivity contribution in [2.24, 2.45) is 7.05 Å². The fraction of sp³-hybridized carbons (Fsp3) is 0.211. The summed E-state index contributed by atoms with van der Waals surface area (Å²) in [6.45, 7) is 0.254. The minimum atomic E-state index is -0.375. The molecule has 0 bridgehead atoms. The summed E-state index contributed by atoms with van der Waals surface area (Å²) >= 11 is 0. The maximum absolute atomic E-state index is 12.4. The SMILES string of the molecule is Cn1cc(NC(=O)CCc2ccccc2)c(C(=O)NCc2ccco2)n1. The summed E-state index contributed by atoms with van der Waals surface area (Å²) < 4.78 is 6.68. The highest BCUT2D eigenvalue weighted by Crippen LogP contribution is 2.14. The number of aromatic nitrogens is 2. The van der Waals surface area contributed by atoms with E-state index in [4.69, 9.17) is 4.42 Å². The minimum absolute atomic E-state index is 0.165. The molecule has 26 heavy (non-hydrogen) atoms. The molecule has 2 amide bonds. The Labute approximate surface area is 151 Å². The summed E-state index contributed by atoms with van der Waals surface area (Å²) in [6.07, 6.45) is 4.11. The van der Waals surface area contributed by atoms with Gasteiger partial charge in [-0.2, -0.15) is 5.10 Å². The van der Waals surface area contributed by atoms with Gasteiger partial charge < -0.3 is 15.1 Å². The number of nitrogens with zero attached hydrogens (tertiary/aromatic N) is 2. The molecule has 3 aromatic rings. The first-order valence-corrected chi connectivity index (χ1v) is 8.30. The van der Waals surface area contributed by atoms with Crippen LogP contribution in [-0.4, -0.2) is 21.6 Å². The molecule has 134 valence electrons. The van der Waals surface area contributed by atoms with Crippen LogP contribution in [-0.2, 0) is 24.8 Å². The normalized spacial score (nSPS) is 10.5. The third kappa shape index (κ3) is 4.60. The first-order chi connectivity index (χ1) is 12.6. The highest BCUT2D eigenvalue weighted by Gasteiger charge is 2.18. The molecule has 2 heterocycles. The van der Waals surface area contributed by atoms with Crippen LogP contribution in [0.5, 0.6) is 0 Å². The molecule has 0 fully saturated rings. The molecule has 1 aromatic carbocycles. The van der Waals surface area contributed by atoms with Gasteiger partial charge in [-0.05, 0) is 24.1 Å². The summed E-state index contributed by atoms with van der Waals surface area (Å²) in [5.74, 6) is 0.102. The van der Waals surface area contributed by atoms with Crippen molar-refractivity contribution >= 4 is 17.5 Å². The fourth-order valence-electron chi connectivity index (χ4n) is 2.53. The van der Waals surface area contributed by atoms with E-state index in [-0.39, 0.29) is 24.1 Å². The van der Waals surface area contributed by atoms with E-state index in [2.05, 4.69) is 15.7 Å². The van der Waals surface area contributed by atoms with E-state index in [1.807, 2.05) is 30.3 Å². The molecule has 0 atom stereocenters. The van der Waals surface area contributed by atoms with Crippen molar-refractivity contribution in [2.75, 3.05) is 5.32 Å². The molecule has 0 aliphatic rings. The second-order valence-corrected chi connectivity index (χ2v) is 5.86. The summed E-state index contributed by atoms with van der Waals surface area (Å²) in [6, 6.07) is 13.3. The molecule has 0 saturated carbocycles. The number of benzene rings is 1. The Kier molecular flexibility index (Phi) is 5.48. The topological polar surface area (TPSA) is 89.2 Å². The number of anilines is 1. The molecule has 0 aliphatic heterocycles. The van der Waals surface area contributed by atoms with Crippen molar-refractivity contribution in [2.45, 2.75) is 19.4 Å². The van der Waals surface area contributed by atoms with Crippen LogP contribution in [0.15, 0.2) is 59.3 Å². The average molecular weight is 352 g/mol. The lowest BCUT2D eigenvalue weighted by Gasteiger charge is -2.06. The van der Waals surface area contributed by atoms with Gasteiger partial charge in [-0.3, -0.25) is 14.3 Å². The van der Waals surface area contributed by atoms with Crippen molar-refractivity contribution < 1.29 is 14.0 Å². The second-order valence-electron chi connectivity index (χ2n) is 5.86. The zero-order chi connectivity index (χ0) is 18.4. The molecule has 2 N–H and O–H groups in total. The lowest BCUT2D eigenvalue weighted by Crippen LogP contribution is -2.25. The van der Waals surface area contributed by atoms with E-state index in [0.29, 0.717) is 24.3 Å². The molecule has 3 rings (SSSR count). The number of amides is 2. The van der Waals surface area contributed by atoms with E-state index in [0.717, 1.165) is 5.56 Å². The predicted octanol–water partition coefficient (Wildman–Crippen LogP) is 2.51. The Bertz CT molecular complexity index is 870. The fourth-order valence-corrected chi connectivity index (χ4v) is 2.53. The van der Waals surface area contributed by atoms with Crippen molar-refractivity contribution in [3.63, 3.8) is 0 Å². The molecule has 7 nitrogen and oxygen atoms in total. The zero-order valence-corrected chi connectivity index (χ0v) is 14.4. The first kappa shape index (κ1) is 17.5. The third-order valence-electron chi connectivity index (χ3n) is 3.80. The van der Waals surface area contributed by atoms with Gasteiger partial charge in [-0.1, -0.05) is 30.3 Å². The van der Waals surface area contributed by atoms with Gasteiger partial charge in [0, 0.05) is 19.7 Å². The number of carbonyl (C=O) groups is 2. The highest BCUT2D eigenvalue weighted by molar-refractivity contribution is 6.02. The van der Waals surface area contributed by atoms with Gasteiger partial charge in [0.05, 0.1) is 18.5 Å². The summed E-state index contributed by atoms with van der Waals surface area (Å²) in [5, 5.41) is 9.64. The maximum Gasteiger partial charge on any atom is 0.274 e. The van der Waals surface area contributed by atoms with E-state index in [9.17, 15) is 9.59 Å². The largest absolute Gasteiger partial charge is 0.467 e. The highest BCUT2D eigenvalue weighted by atomic mass is 16.3. The zero-order valence-electron chi connectivity index (χ0n) is 14.4. The van der Waals surface area contributed by atoms with Crippen LogP contribution in [0.3, 0.4) is 0 Å². The average Bonchev–Trinajstić information content (AvgIpc) is 3.28. The van der Waals surface area contributed by atoms with E-state index in [1.165, 1.54) is 4.68 Å². The Morgan fingerprint density at radius 1 is 1.15 bits per heavy atom. The first-order valence-electron chi connectivity index (χ1n) is 8.30. The van der Waals surface area contributed by atoms with E-state index in [1.54, 1.807) is 31.6 Å². The number of carbonyl (C=O) groups excluding carboxylic acids is 2. The molecule has 0 spiro atoms. The van der Waals surface area contributed by atoms with Gasteiger partial charge in [-0.15, -0.1) is 0 Å². The van der Waals surface area contributed by atoms with Crippen LogP contribution in [0.1, 0.15) is 28.2 Å². The molecular weight excluding hydrogens is 332 g/mol. The maximum atomic E-state index is 12.4. The Morgan fingerprint density at radius 3 is 2.69 bits per heavy atom. The third-order valence-corrected chi connectivity index (χ3v) is 3.80. The molecule has 0 saturated heterocycles. The number of aryl methyl sites for hydroxylation is 2. The summed E-state index contributed by atoms with van der Waals surface area (Å²) in [4.78, 5) is 24.6. The number of rotatable bonds is 7. The number of hydrogen-bond acceptors (Lipinski definition) is 4. The molecule has 0 aliphatic carbocycles. The van der Waals surface area contributed by atoms with Gasteiger partial charge in [0.25, 0.3) is 5.91 Å². The Hall–Kier alpha value is -3.35. The lowest BCUT2D eigenvalue weighted by molar-refractivity contribution is -0.116. The molecule has 2 aromatic heterocycles. The van der Waals surface area contributed by atoms with Crippen LogP contribution in [0.2, 0.25) is 0 Å². The quantitative estimate of drug-likeness (QED) is 0.684. The summed E-state index contributed by atoms with van der Waals surface area (Å²) in [7, 11) is 1.70. The van der Waals surface area contributed by atoms with Gasteiger partial charge in [0.2, 0.25) is 5.91 Å². The van der Waals surface area contributed by atoms with Crippen LogP contribution in [0.25, 0.3) is 0 Å². The molecular formula is C19H20N4O3. The molecule has 0 radical (unpaired) electrons. The van der Waals surface area contributed by atoms with Crippen LogP contribution < -0.4 is 10.6 Å². The van der Waals surface area contributed by atoms with Crippen molar-refractivity contribution in [1.82, 2.24) is 15.1 Å². The Balaban J connectivity index is 1.59. The van der Waals surface area contributed by atoms with Crippen LogP contribution in [0.4, 0.5) is 5.69 Å². The minimum Gasteiger partial charge on any atom is -0.467 e. The van der Waals surface area contributed by atoms with Crippen molar-refractivity contribution in [3.05, 3.63) is 71.9 Å². The number of hydrogen-bond donors (Lipinski definition) is 2. The van der Waals surface area contributed by atoms with E-state index >= 15 is 0 Å². The standard InChI is InChI=1S/C19H20N4O3/c1-23-13-16(21-17(24)10-9-14-6-3-2-4-7-14)18(22-23)19(25)20-12-15-8-5-11-26-15/h2-8,11,13H,9-10,12H2,1H3,(H,20,25)(H,21,24). The van der Waals surface area contributed by atoms with Gasteiger partial charge in [0.1, 0.15) is 5.76 Å². The van der Waals surface area contributed by atoms with Gasteiger partial charge in [0.15, 0.2) is 5.69 Å². The lowest BCUT2D eigenvalue weighted by atomic mass is 10.1. The van der Waals surface area contributed by atoms with Crippen LogP contribution in [0, 0.1) is 0 Å². The molecule has 0 unspecified atom stereocenters. The number of furan rings is 1. The van der Waals surface area contributed by atoms with E-state index < -0.39 is 0 Å². The second kappa shape index (κ2) is 8.15.